The van der Waals surface area contributed by atoms with Gasteiger partial charge in [-0.05, 0) is 6.42 Å². The Balaban J connectivity index is 4.52. The Labute approximate surface area is 91.8 Å². The SMILES string of the molecule is CCCCP(=O)(O)OP(=O)(O)OP(=O)(O)O. The lowest BCUT2D eigenvalue weighted by atomic mass is 10.4. The molecule has 0 aromatic rings. The number of rotatable bonds is 7. The van der Waals surface area contributed by atoms with Crippen LogP contribution in [0.15, 0.2) is 0 Å². The molecule has 2 atom stereocenters. The first-order valence-corrected chi connectivity index (χ1v) is 8.89. The first-order valence-electron chi connectivity index (χ1n) is 4.10. The zero-order valence-corrected chi connectivity index (χ0v) is 11.0. The van der Waals surface area contributed by atoms with Crippen molar-refractivity contribution in [1.29, 1.82) is 0 Å². The molecule has 0 radical (unpaired) electrons. The minimum Gasteiger partial charge on any atom is -0.324 e. The fourth-order valence-electron chi connectivity index (χ4n) is 0.709. The van der Waals surface area contributed by atoms with Crippen LogP contribution in [-0.4, -0.2) is 25.7 Å². The molecule has 0 aliphatic carbocycles. The predicted molar refractivity (Wildman–Crippen MR) is 53.6 cm³/mol. The van der Waals surface area contributed by atoms with E-state index in [1.54, 1.807) is 6.92 Å². The Kier molecular flexibility index (Phi) is 6.03. The monoisotopic (exact) mass is 298 g/mol. The summed E-state index contributed by atoms with van der Waals surface area (Å²) in [5, 5.41) is 0. The quantitative estimate of drug-likeness (QED) is 0.508. The molecular formula is C4H13O9P3. The van der Waals surface area contributed by atoms with Crippen LogP contribution in [0, 0.1) is 0 Å². The van der Waals surface area contributed by atoms with Crippen molar-refractivity contribution >= 4 is 23.2 Å². The molecule has 0 saturated carbocycles. The zero-order valence-electron chi connectivity index (χ0n) is 8.29. The summed E-state index contributed by atoms with van der Waals surface area (Å²) in [7, 11) is -14.9. The van der Waals surface area contributed by atoms with Crippen molar-refractivity contribution in [3.8, 4) is 0 Å². The third-order valence-electron chi connectivity index (χ3n) is 1.23. The van der Waals surface area contributed by atoms with Gasteiger partial charge in [0.2, 0.25) is 0 Å². The van der Waals surface area contributed by atoms with Gasteiger partial charge in [0.1, 0.15) is 0 Å². The summed E-state index contributed by atoms with van der Waals surface area (Å²) >= 11 is 0. The van der Waals surface area contributed by atoms with Crippen molar-refractivity contribution in [2.24, 2.45) is 0 Å². The van der Waals surface area contributed by atoms with Crippen molar-refractivity contribution in [1.82, 2.24) is 0 Å². The van der Waals surface area contributed by atoms with Gasteiger partial charge in [-0.15, -0.1) is 0 Å². The highest BCUT2D eigenvalue weighted by Crippen LogP contribution is 2.66. The lowest BCUT2D eigenvalue weighted by Gasteiger charge is -2.16. The normalized spacial score (nSPS) is 20.1. The van der Waals surface area contributed by atoms with Crippen LogP contribution in [0.4, 0.5) is 0 Å². The van der Waals surface area contributed by atoms with E-state index in [-0.39, 0.29) is 6.42 Å². The highest BCUT2D eigenvalue weighted by Gasteiger charge is 2.38. The standard InChI is InChI=1S/C4H13O9P3/c1-2-3-4-14(5,6)12-16(10,11)13-15(7,8)9/h2-4H2,1H3,(H,5,6)(H,10,11)(H2,7,8,9). The summed E-state index contributed by atoms with van der Waals surface area (Å²) in [6.07, 6.45) is 0.394. The molecule has 0 saturated heterocycles. The van der Waals surface area contributed by atoms with Crippen molar-refractivity contribution in [2.45, 2.75) is 19.8 Å². The highest BCUT2D eigenvalue weighted by molar-refractivity contribution is 7.68. The molecule has 0 aliphatic rings. The van der Waals surface area contributed by atoms with Gasteiger partial charge < -0.3 is 19.6 Å². The molecule has 0 aromatic carbocycles. The predicted octanol–water partition coefficient (Wildman–Crippen LogP) is 1.20. The molecule has 0 rings (SSSR count). The molecule has 2 unspecified atom stereocenters. The van der Waals surface area contributed by atoms with E-state index >= 15 is 0 Å². The number of hydrogen-bond donors (Lipinski definition) is 4. The molecule has 4 N–H and O–H groups in total. The highest BCUT2D eigenvalue weighted by atomic mass is 31.3. The molecule has 9 nitrogen and oxygen atoms in total. The van der Waals surface area contributed by atoms with Gasteiger partial charge in [0, 0.05) is 0 Å². The third-order valence-corrected chi connectivity index (χ3v) is 5.64. The van der Waals surface area contributed by atoms with E-state index in [0.717, 1.165) is 0 Å². The molecule has 0 fully saturated rings. The van der Waals surface area contributed by atoms with Crippen LogP contribution in [0.25, 0.3) is 0 Å². The van der Waals surface area contributed by atoms with E-state index in [9.17, 15) is 13.7 Å². The Hall–Kier alpha value is 0.450. The van der Waals surface area contributed by atoms with Gasteiger partial charge in [0.25, 0.3) is 0 Å². The van der Waals surface area contributed by atoms with Gasteiger partial charge in [-0.25, -0.2) is 13.4 Å². The average Bonchev–Trinajstić information content (AvgIpc) is 1.93. The van der Waals surface area contributed by atoms with Crippen molar-refractivity contribution < 1.29 is 41.9 Å². The van der Waals surface area contributed by atoms with Crippen LogP contribution in [-0.2, 0) is 22.3 Å². The van der Waals surface area contributed by atoms with Crippen molar-refractivity contribution in [3.05, 3.63) is 0 Å². The Morgan fingerprint density at radius 3 is 1.88 bits per heavy atom. The van der Waals surface area contributed by atoms with Gasteiger partial charge in [-0.2, -0.15) is 4.31 Å². The second-order valence-electron chi connectivity index (χ2n) is 2.84. The van der Waals surface area contributed by atoms with Crippen LogP contribution in [0.2, 0.25) is 0 Å². The summed E-state index contributed by atoms with van der Waals surface area (Å²) in [4.78, 5) is 34.3. The summed E-state index contributed by atoms with van der Waals surface area (Å²) in [6, 6.07) is 0. The Morgan fingerprint density at radius 2 is 1.50 bits per heavy atom. The fraction of sp³-hybridized carbons (Fsp3) is 1.00. The van der Waals surface area contributed by atoms with E-state index in [0.29, 0.717) is 6.42 Å². The lowest BCUT2D eigenvalue weighted by Crippen LogP contribution is -1.96. The zero-order chi connectivity index (χ0) is 13.0. The van der Waals surface area contributed by atoms with Crippen LogP contribution in [0.1, 0.15) is 19.8 Å². The minimum absolute atomic E-state index is 0.254. The van der Waals surface area contributed by atoms with Crippen LogP contribution in [0.3, 0.4) is 0 Å². The third kappa shape index (κ3) is 8.58. The van der Waals surface area contributed by atoms with E-state index in [1.807, 2.05) is 0 Å². The maximum absolute atomic E-state index is 11.1. The van der Waals surface area contributed by atoms with Crippen molar-refractivity contribution in [3.63, 3.8) is 0 Å². The number of phosphoric acid groups is 2. The largest absolute Gasteiger partial charge is 0.488 e. The maximum atomic E-state index is 11.1. The summed E-state index contributed by atoms with van der Waals surface area (Å²) in [6.45, 7) is 1.71. The molecule has 16 heavy (non-hydrogen) atoms. The van der Waals surface area contributed by atoms with Crippen LogP contribution >= 0.6 is 23.2 Å². The summed E-state index contributed by atoms with van der Waals surface area (Å²) < 4.78 is 39.4. The Bertz CT molecular complexity index is 358. The lowest BCUT2D eigenvalue weighted by molar-refractivity contribution is 0.222. The smallest absolute Gasteiger partial charge is 0.324 e. The van der Waals surface area contributed by atoms with E-state index in [2.05, 4.69) is 8.62 Å². The maximum Gasteiger partial charge on any atom is 0.488 e. The Morgan fingerprint density at radius 1 is 1.00 bits per heavy atom. The molecular weight excluding hydrogens is 285 g/mol. The molecule has 0 aliphatic heterocycles. The minimum atomic E-state index is -5.27. The average molecular weight is 298 g/mol. The topological polar surface area (TPSA) is 151 Å². The van der Waals surface area contributed by atoms with Gasteiger partial charge in [-0.3, -0.25) is 4.57 Å². The van der Waals surface area contributed by atoms with Crippen LogP contribution in [0.5, 0.6) is 0 Å². The first kappa shape index (κ1) is 16.4. The molecule has 0 aromatic heterocycles. The fourth-order valence-corrected chi connectivity index (χ4v) is 4.50. The molecule has 0 spiro atoms. The number of unbranched alkanes of at least 4 members (excludes halogenated alkanes) is 1. The second-order valence-corrected chi connectivity index (χ2v) is 7.78. The van der Waals surface area contributed by atoms with Gasteiger partial charge in [0.05, 0.1) is 6.16 Å². The van der Waals surface area contributed by atoms with Gasteiger partial charge >= 0.3 is 23.2 Å². The molecule has 0 amide bonds. The first-order chi connectivity index (χ1) is 6.97. The van der Waals surface area contributed by atoms with Crippen molar-refractivity contribution in [2.75, 3.05) is 6.16 Å². The molecule has 98 valence electrons. The van der Waals surface area contributed by atoms with Gasteiger partial charge in [-0.1, -0.05) is 13.3 Å². The molecule has 12 heteroatoms. The van der Waals surface area contributed by atoms with E-state index in [4.69, 9.17) is 19.6 Å². The summed E-state index contributed by atoms with van der Waals surface area (Å²) in [5.41, 5.74) is 0. The van der Waals surface area contributed by atoms with Gasteiger partial charge in [0.15, 0.2) is 0 Å². The second kappa shape index (κ2) is 5.87. The molecule has 0 heterocycles. The van der Waals surface area contributed by atoms with Crippen LogP contribution < -0.4 is 0 Å². The van der Waals surface area contributed by atoms with E-state index < -0.39 is 29.4 Å². The van der Waals surface area contributed by atoms with E-state index in [1.165, 1.54) is 0 Å². The summed E-state index contributed by atoms with van der Waals surface area (Å²) in [5.74, 6) is 0. The molecule has 0 bridgehead atoms. The number of hydrogen-bond acceptors (Lipinski definition) is 5.